The average Bonchev–Trinajstić information content (AvgIpc) is 2.34. The molecule has 1 heterocycles. The molecule has 7 nitrogen and oxygen atoms in total. The summed E-state index contributed by atoms with van der Waals surface area (Å²) >= 11 is 0. The Bertz CT molecular complexity index is 404. The topological polar surface area (TPSA) is 99.3 Å². The lowest BCUT2D eigenvalue weighted by atomic mass is 10.1. The summed E-state index contributed by atoms with van der Waals surface area (Å²) in [5.41, 5.74) is 12.5. The summed E-state index contributed by atoms with van der Waals surface area (Å²) in [4.78, 5) is 10.2. The van der Waals surface area contributed by atoms with Crippen LogP contribution in [0.3, 0.4) is 0 Å². The van der Waals surface area contributed by atoms with Gasteiger partial charge in [-0.3, -0.25) is 0 Å². The van der Waals surface area contributed by atoms with E-state index in [0.29, 0.717) is 30.4 Å². The molecule has 0 aromatic carbocycles. The lowest BCUT2D eigenvalue weighted by Crippen LogP contribution is -2.40. The molecule has 0 atom stereocenters. The highest BCUT2D eigenvalue weighted by atomic mass is 16.3. The molecule has 0 saturated carbocycles. The van der Waals surface area contributed by atoms with Crippen molar-refractivity contribution in [2.45, 2.75) is 33.2 Å². The second-order valence-corrected chi connectivity index (χ2v) is 5.26. The molecule has 0 fully saturated rings. The first-order valence-corrected chi connectivity index (χ1v) is 6.38. The van der Waals surface area contributed by atoms with Gasteiger partial charge in [0.15, 0.2) is 11.6 Å². The van der Waals surface area contributed by atoms with Crippen molar-refractivity contribution in [3.8, 4) is 0 Å². The lowest BCUT2D eigenvalue weighted by Gasteiger charge is -2.25. The molecular formula is C12H24N6O. The molecule has 0 aliphatic rings. The molecule has 0 amide bonds. The zero-order chi connectivity index (χ0) is 14.5. The van der Waals surface area contributed by atoms with Gasteiger partial charge in [0.1, 0.15) is 12.0 Å². The zero-order valence-corrected chi connectivity index (χ0v) is 12.1. The number of nitrogen functional groups attached to an aromatic ring is 1. The zero-order valence-electron chi connectivity index (χ0n) is 12.1. The third-order valence-electron chi connectivity index (χ3n) is 2.47. The first-order valence-electron chi connectivity index (χ1n) is 6.38. The van der Waals surface area contributed by atoms with E-state index in [9.17, 15) is 0 Å². The van der Waals surface area contributed by atoms with Crippen LogP contribution in [0.1, 0.15) is 27.7 Å². The Kier molecular flexibility index (Phi) is 5.31. The van der Waals surface area contributed by atoms with Crippen molar-refractivity contribution in [3.63, 3.8) is 0 Å². The molecule has 0 unspecified atom stereocenters. The summed E-state index contributed by atoms with van der Waals surface area (Å²) in [5.74, 6) is 1.17. The highest BCUT2D eigenvalue weighted by Crippen LogP contribution is 2.25. The first kappa shape index (κ1) is 15.5. The fourth-order valence-corrected chi connectivity index (χ4v) is 1.52. The summed E-state index contributed by atoms with van der Waals surface area (Å²) in [5, 5.41) is 9.05. The minimum atomic E-state index is -0.104. The maximum atomic E-state index is 9.05. The monoisotopic (exact) mass is 268 g/mol. The van der Waals surface area contributed by atoms with Crippen LogP contribution in [0.4, 0.5) is 17.3 Å². The van der Waals surface area contributed by atoms with Crippen molar-refractivity contribution in [2.24, 2.45) is 0 Å². The number of aromatic nitrogens is 2. The Hall–Kier alpha value is -1.60. The van der Waals surface area contributed by atoms with Gasteiger partial charge in [0, 0.05) is 18.6 Å². The Morgan fingerprint density at radius 1 is 1.37 bits per heavy atom. The van der Waals surface area contributed by atoms with Gasteiger partial charge in [0.05, 0.1) is 6.61 Å². The van der Waals surface area contributed by atoms with Crippen LogP contribution >= 0.6 is 0 Å². The Balaban J connectivity index is 2.91. The number of aliphatic hydroxyl groups is 1. The van der Waals surface area contributed by atoms with Crippen LogP contribution in [0.2, 0.25) is 0 Å². The summed E-state index contributed by atoms with van der Waals surface area (Å²) in [6.45, 7) is 9.34. The van der Waals surface area contributed by atoms with Gasteiger partial charge < -0.3 is 21.2 Å². The largest absolute Gasteiger partial charge is 0.395 e. The smallest absolute Gasteiger partial charge is 0.169 e. The number of nitrogens with one attached hydrogen (secondary N) is 2. The highest BCUT2D eigenvalue weighted by Gasteiger charge is 2.15. The summed E-state index contributed by atoms with van der Waals surface area (Å²) in [6.07, 6.45) is 1.46. The molecule has 1 aromatic rings. The van der Waals surface area contributed by atoms with E-state index < -0.39 is 0 Å². The third-order valence-corrected chi connectivity index (χ3v) is 2.47. The fraction of sp³-hybridized carbons (Fsp3) is 0.667. The molecule has 0 aliphatic carbocycles. The first-order chi connectivity index (χ1) is 8.89. The maximum Gasteiger partial charge on any atom is 0.169 e. The SMILES string of the molecule is CCN(CCO)c1ncnc(NNC(C)(C)C)c1N. The number of rotatable bonds is 6. The normalized spacial score (nSPS) is 11.4. The number of likely N-dealkylation sites (N-methyl/N-ethyl adjacent to an activating group) is 1. The van der Waals surface area contributed by atoms with Crippen LogP contribution in [0.15, 0.2) is 6.33 Å². The van der Waals surface area contributed by atoms with Gasteiger partial charge in [0.2, 0.25) is 0 Å². The standard InChI is InChI=1S/C12H24N6O/c1-5-18(6-7-19)11-9(13)10(14-8-15-11)16-17-12(2,3)4/h8,17,19H,5-7,13H2,1-4H3,(H,14,15,16). The van der Waals surface area contributed by atoms with Crippen molar-refractivity contribution in [2.75, 3.05) is 35.8 Å². The molecule has 7 heteroatoms. The molecule has 1 rings (SSSR count). The molecule has 0 aliphatic heterocycles. The van der Waals surface area contributed by atoms with E-state index in [0.717, 1.165) is 0 Å². The molecule has 0 radical (unpaired) electrons. The van der Waals surface area contributed by atoms with E-state index in [2.05, 4.69) is 20.8 Å². The van der Waals surface area contributed by atoms with Crippen LogP contribution in [0.5, 0.6) is 0 Å². The quantitative estimate of drug-likeness (QED) is 0.560. The molecule has 0 saturated heterocycles. The van der Waals surface area contributed by atoms with Crippen molar-refractivity contribution in [3.05, 3.63) is 6.33 Å². The highest BCUT2D eigenvalue weighted by molar-refractivity contribution is 5.74. The van der Waals surface area contributed by atoms with Gasteiger partial charge in [-0.25, -0.2) is 15.4 Å². The lowest BCUT2D eigenvalue weighted by molar-refractivity contribution is 0.302. The molecule has 0 spiro atoms. The third kappa shape index (κ3) is 4.53. The van der Waals surface area contributed by atoms with E-state index >= 15 is 0 Å². The van der Waals surface area contributed by atoms with Crippen molar-refractivity contribution < 1.29 is 5.11 Å². The summed E-state index contributed by atoms with van der Waals surface area (Å²) < 4.78 is 0. The predicted octanol–water partition coefficient (Wildman–Crippen LogP) is 0.592. The number of hydrogen-bond donors (Lipinski definition) is 4. The van der Waals surface area contributed by atoms with Gasteiger partial charge in [-0.05, 0) is 27.7 Å². The number of anilines is 3. The van der Waals surface area contributed by atoms with Gasteiger partial charge in [0.25, 0.3) is 0 Å². The average molecular weight is 268 g/mol. The maximum absolute atomic E-state index is 9.05. The number of hydrazine groups is 1. The summed E-state index contributed by atoms with van der Waals surface area (Å²) in [7, 11) is 0. The predicted molar refractivity (Wildman–Crippen MR) is 77.9 cm³/mol. The van der Waals surface area contributed by atoms with Crippen molar-refractivity contribution >= 4 is 17.3 Å². The summed E-state index contributed by atoms with van der Waals surface area (Å²) in [6, 6.07) is 0. The number of hydrogen-bond acceptors (Lipinski definition) is 7. The molecule has 5 N–H and O–H groups in total. The Labute approximate surface area is 114 Å². The second-order valence-electron chi connectivity index (χ2n) is 5.26. The van der Waals surface area contributed by atoms with E-state index in [1.807, 2.05) is 32.6 Å². The Morgan fingerprint density at radius 2 is 2.05 bits per heavy atom. The minimum Gasteiger partial charge on any atom is -0.395 e. The number of nitrogens with zero attached hydrogens (tertiary/aromatic N) is 3. The fourth-order valence-electron chi connectivity index (χ4n) is 1.52. The molecule has 108 valence electrons. The molecule has 19 heavy (non-hydrogen) atoms. The minimum absolute atomic E-state index is 0.0558. The van der Waals surface area contributed by atoms with Crippen molar-refractivity contribution in [1.29, 1.82) is 0 Å². The van der Waals surface area contributed by atoms with Gasteiger partial charge in [-0.1, -0.05) is 0 Å². The van der Waals surface area contributed by atoms with Crippen LogP contribution in [0, 0.1) is 0 Å². The van der Waals surface area contributed by atoms with Gasteiger partial charge >= 0.3 is 0 Å². The second kappa shape index (κ2) is 6.53. The van der Waals surface area contributed by atoms with Crippen LogP contribution in [-0.2, 0) is 0 Å². The molecule has 0 bridgehead atoms. The number of aliphatic hydroxyl groups excluding tert-OH is 1. The van der Waals surface area contributed by atoms with E-state index in [1.54, 1.807) is 0 Å². The van der Waals surface area contributed by atoms with Crippen molar-refractivity contribution in [1.82, 2.24) is 15.4 Å². The van der Waals surface area contributed by atoms with E-state index in [4.69, 9.17) is 10.8 Å². The van der Waals surface area contributed by atoms with Gasteiger partial charge in [-0.15, -0.1) is 0 Å². The van der Waals surface area contributed by atoms with E-state index in [-0.39, 0.29) is 12.1 Å². The molecular weight excluding hydrogens is 244 g/mol. The van der Waals surface area contributed by atoms with Gasteiger partial charge in [-0.2, -0.15) is 0 Å². The van der Waals surface area contributed by atoms with Crippen LogP contribution in [-0.4, -0.2) is 40.3 Å². The van der Waals surface area contributed by atoms with Crippen LogP contribution < -0.4 is 21.5 Å². The molecule has 1 aromatic heterocycles. The Morgan fingerprint density at radius 3 is 2.58 bits per heavy atom. The van der Waals surface area contributed by atoms with E-state index in [1.165, 1.54) is 6.33 Å². The number of nitrogens with two attached hydrogens (primary N) is 1. The van der Waals surface area contributed by atoms with Crippen LogP contribution in [0.25, 0.3) is 0 Å².